The SMILES string of the molecule is CC/C=C\C/C=C\C/C=C\C/C=C\C/C=C\C/C=C\C/C=C\C/C=C\CCCCCCC(=O)OC(COC(=O)CCCCCCCCCCCCCCCCCCCCCCCCCCCC)COP(=O)([O-])OCC[N+](C)(C)C. The number of carbonyl (C=O) groups is 2. The van der Waals surface area contributed by atoms with Gasteiger partial charge in [-0.1, -0.05) is 284 Å². The molecule has 0 aromatic carbocycles. The van der Waals surface area contributed by atoms with Crippen molar-refractivity contribution in [2.24, 2.45) is 0 Å². The van der Waals surface area contributed by atoms with Crippen LogP contribution in [0.15, 0.2) is 97.2 Å². The van der Waals surface area contributed by atoms with E-state index >= 15 is 0 Å². The normalized spacial score (nSPS) is 13.8. The molecular formula is C69H122NO8P. The second-order valence-electron chi connectivity index (χ2n) is 22.8. The number of phosphoric acid groups is 1. The Morgan fingerprint density at radius 3 is 1.08 bits per heavy atom. The third-order valence-corrected chi connectivity index (χ3v) is 14.8. The van der Waals surface area contributed by atoms with Crippen LogP contribution in [0.1, 0.15) is 277 Å². The van der Waals surface area contributed by atoms with E-state index in [4.69, 9.17) is 18.5 Å². The first-order chi connectivity index (χ1) is 38.5. The minimum atomic E-state index is -4.65. The highest BCUT2D eigenvalue weighted by Crippen LogP contribution is 2.38. The summed E-state index contributed by atoms with van der Waals surface area (Å²) < 4.78 is 34.2. The molecule has 2 unspecified atom stereocenters. The van der Waals surface area contributed by atoms with Crippen LogP contribution in [0.25, 0.3) is 0 Å². The molecule has 0 amide bonds. The fourth-order valence-corrected chi connectivity index (χ4v) is 9.64. The van der Waals surface area contributed by atoms with Gasteiger partial charge in [0.15, 0.2) is 6.10 Å². The van der Waals surface area contributed by atoms with Crippen molar-refractivity contribution in [2.45, 2.75) is 283 Å². The number of hydrogen-bond donors (Lipinski definition) is 0. The molecule has 0 fully saturated rings. The van der Waals surface area contributed by atoms with Gasteiger partial charge >= 0.3 is 11.9 Å². The fourth-order valence-electron chi connectivity index (χ4n) is 8.91. The molecular weight excluding hydrogens is 1000 g/mol. The van der Waals surface area contributed by atoms with Gasteiger partial charge in [0.25, 0.3) is 7.82 Å². The zero-order chi connectivity index (χ0) is 57.7. The molecule has 0 radical (unpaired) electrons. The van der Waals surface area contributed by atoms with Crippen LogP contribution >= 0.6 is 7.82 Å². The van der Waals surface area contributed by atoms with Crippen LogP contribution in [0.3, 0.4) is 0 Å². The Labute approximate surface area is 487 Å². The maximum absolute atomic E-state index is 12.8. The Bertz CT molecular complexity index is 1650. The van der Waals surface area contributed by atoms with E-state index in [-0.39, 0.29) is 32.0 Å². The van der Waals surface area contributed by atoms with E-state index in [1.165, 1.54) is 148 Å². The summed E-state index contributed by atoms with van der Waals surface area (Å²) in [5.41, 5.74) is 0. The zero-order valence-electron chi connectivity index (χ0n) is 51.8. The van der Waals surface area contributed by atoms with E-state index in [9.17, 15) is 19.0 Å². The van der Waals surface area contributed by atoms with Crippen molar-refractivity contribution >= 4 is 19.8 Å². The minimum Gasteiger partial charge on any atom is -0.756 e. The number of rotatable bonds is 59. The van der Waals surface area contributed by atoms with Crippen LogP contribution in [-0.2, 0) is 32.7 Å². The zero-order valence-corrected chi connectivity index (χ0v) is 52.7. The van der Waals surface area contributed by atoms with Crippen LogP contribution < -0.4 is 4.89 Å². The molecule has 0 aliphatic rings. The number of nitrogens with zero attached hydrogens (tertiary/aromatic N) is 1. The fraction of sp³-hybridized carbons (Fsp3) is 0.739. The predicted octanol–water partition coefficient (Wildman–Crippen LogP) is 20.1. The molecule has 0 aliphatic heterocycles. The summed E-state index contributed by atoms with van der Waals surface area (Å²) >= 11 is 0. The van der Waals surface area contributed by atoms with Gasteiger partial charge in [-0.2, -0.15) is 0 Å². The monoisotopic (exact) mass is 1120 g/mol. The Balaban J connectivity index is 4.17. The molecule has 2 atom stereocenters. The van der Waals surface area contributed by atoms with Crippen LogP contribution in [-0.4, -0.2) is 70.0 Å². The lowest BCUT2D eigenvalue weighted by molar-refractivity contribution is -0.870. The molecule has 9 nitrogen and oxygen atoms in total. The first-order valence-electron chi connectivity index (χ1n) is 32.4. The van der Waals surface area contributed by atoms with Crippen LogP contribution in [0.4, 0.5) is 0 Å². The van der Waals surface area contributed by atoms with Crippen molar-refractivity contribution in [3.63, 3.8) is 0 Å². The summed E-state index contributed by atoms with van der Waals surface area (Å²) in [7, 11) is 1.14. The number of likely N-dealkylation sites (N-methyl/N-ethyl adjacent to an activating group) is 1. The van der Waals surface area contributed by atoms with E-state index in [2.05, 4.69) is 111 Å². The van der Waals surface area contributed by atoms with E-state index < -0.39 is 26.5 Å². The molecule has 0 saturated carbocycles. The minimum absolute atomic E-state index is 0.0398. The Morgan fingerprint density at radius 1 is 0.405 bits per heavy atom. The van der Waals surface area contributed by atoms with Gasteiger partial charge in [-0.3, -0.25) is 14.2 Å². The van der Waals surface area contributed by atoms with Crippen molar-refractivity contribution in [2.75, 3.05) is 47.5 Å². The number of carbonyl (C=O) groups excluding carboxylic acids is 2. The molecule has 0 saturated heterocycles. The predicted molar refractivity (Wildman–Crippen MR) is 337 cm³/mol. The average molecular weight is 1120 g/mol. The Kier molecular flexibility index (Phi) is 57.2. The quantitative estimate of drug-likeness (QED) is 0.0195. The van der Waals surface area contributed by atoms with Gasteiger partial charge in [0, 0.05) is 12.8 Å². The van der Waals surface area contributed by atoms with Crippen molar-refractivity contribution in [3.05, 3.63) is 97.2 Å². The maximum atomic E-state index is 12.8. The lowest BCUT2D eigenvalue weighted by Gasteiger charge is -2.28. The van der Waals surface area contributed by atoms with Gasteiger partial charge in [0.2, 0.25) is 0 Å². The molecule has 0 heterocycles. The number of hydrogen-bond acceptors (Lipinski definition) is 8. The second kappa shape index (κ2) is 59.5. The number of allylic oxidation sites excluding steroid dienone is 16. The second-order valence-corrected chi connectivity index (χ2v) is 24.2. The smallest absolute Gasteiger partial charge is 0.306 e. The Hall–Kier alpha value is -3.07. The van der Waals surface area contributed by atoms with Gasteiger partial charge < -0.3 is 27.9 Å². The first-order valence-corrected chi connectivity index (χ1v) is 33.9. The standard InChI is InChI=1S/C69H122NO8P/c1-6-8-10-12-14-16-18-20-22-24-26-28-30-32-34-35-36-38-40-42-44-46-48-50-52-54-56-58-60-62-69(72)78-67(66-77-79(73,74)76-64-63-70(3,4)5)65-75-68(71)61-59-57-55-53-51-49-47-45-43-41-39-37-33-31-29-27-25-23-21-19-17-15-13-11-9-7-2/h8,10,14,16,20,22,26,28,32,34,36,38,42,44,48,50,67H,6-7,9,11-13,15,17-19,21,23-25,27,29-31,33,35,37,39-41,43,45-47,49,51-66H2,1-5H3/b10-8-,16-14-,22-20-,28-26-,34-32-,38-36-,44-42-,50-48-. The molecule has 0 bridgehead atoms. The molecule has 0 spiro atoms. The van der Waals surface area contributed by atoms with E-state index in [1.54, 1.807) is 0 Å². The molecule has 10 heteroatoms. The van der Waals surface area contributed by atoms with Crippen molar-refractivity contribution in [3.8, 4) is 0 Å². The van der Waals surface area contributed by atoms with Crippen LogP contribution in [0, 0.1) is 0 Å². The van der Waals surface area contributed by atoms with Crippen molar-refractivity contribution in [1.82, 2.24) is 0 Å². The number of quaternary nitrogens is 1. The Morgan fingerprint density at radius 2 is 0.722 bits per heavy atom. The molecule has 0 aromatic heterocycles. The van der Waals surface area contributed by atoms with Crippen LogP contribution in [0.2, 0.25) is 0 Å². The number of esters is 2. The summed E-state index contributed by atoms with van der Waals surface area (Å²) in [5, 5.41) is 0. The number of phosphoric ester groups is 1. The van der Waals surface area contributed by atoms with Gasteiger partial charge in [-0.25, -0.2) is 0 Å². The summed E-state index contributed by atoms with van der Waals surface area (Å²) in [5.74, 6) is -0.858. The van der Waals surface area contributed by atoms with Crippen LogP contribution in [0.5, 0.6) is 0 Å². The lowest BCUT2D eigenvalue weighted by atomic mass is 10.0. The highest BCUT2D eigenvalue weighted by molar-refractivity contribution is 7.45. The van der Waals surface area contributed by atoms with Crippen molar-refractivity contribution in [1.29, 1.82) is 0 Å². The number of ether oxygens (including phenoxy) is 2. The molecule has 0 N–H and O–H groups in total. The third kappa shape index (κ3) is 64.0. The van der Waals surface area contributed by atoms with Gasteiger partial charge in [0.1, 0.15) is 19.8 Å². The first kappa shape index (κ1) is 75.9. The van der Waals surface area contributed by atoms with Gasteiger partial charge in [0.05, 0.1) is 27.7 Å². The number of unbranched alkanes of at least 4 members (excludes halogenated alkanes) is 29. The lowest BCUT2D eigenvalue weighted by Crippen LogP contribution is -2.37. The average Bonchev–Trinajstić information content (AvgIpc) is 3.41. The molecule has 79 heavy (non-hydrogen) atoms. The molecule has 0 aliphatic carbocycles. The van der Waals surface area contributed by atoms with Gasteiger partial charge in [-0.15, -0.1) is 0 Å². The highest BCUT2D eigenvalue weighted by Gasteiger charge is 2.22. The van der Waals surface area contributed by atoms with Crippen molar-refractivity contribution < 1.29 is 42.1 Å². The molecule has 456 valence electrons. The summed E-state index contributed by atoms with van der Waals surface area (Å²) in [6.45, 7) is 4.12. The summed E-state index contributed by atoms with van der Waals surface area (Å²) in [4.78, 5) is 38.0. The summed E-state index contributed by atoms with van der Waals surface area (Å²) in [6.07, 6.45) is 81.9. The summed E-state index contributed by atoms with van der Waals surface area (Å²) in [6, 6.07) is 0. The highest BCUT2D eigenvalue weighted by atomic mass is 31.2. The topological polar surface area (TPSA) is 111 Å². The molecule has 0 aromatic rings. The van der Waals surface area contributed by atoms with E-state index in [0.717, 1.165) is 96.3 Å². The molecule has 0 rings (SSSR count). The van der Waals surface area contributed by atoms with E-state index in [1.807, 2.05) is 21.1 Å². The largest absolute Gasteiger partial charge is 0.756 e. The van der Waals surface area contributed by atoms with Gasteiger partial charge in [-0.05, 0) is 77.0 Å². The maximum Gasteiger partial charge on any atom is 0.306 e. The third-order valence-electron chi connectivity index (χ3n) is 13.9. The van der Waals surface area contributed by atoms with E-state index in [0.29, 0.717) is 17.4 Å².